The van der Waals surface area contributed by atoms with Gasteiger partial charge in [0.25, 0.3) is 5.91 Å². The zero-order valence-electron chi connectivity index (χ0n) is 16.8. The van der Waals surface area contributed by atoms with E-state index in [-0.39, 0.29) is 29.6 Å². The Kier molecular flexibility index (Phi) is 6.47. The van der Waals surface area contributed by atoms with E-state index in [1.165, 1.54) is 19.9 Å². The van der Waals surface area contributed by atoms with Gasteiger partial charge in [0.1, 0.15) is 29.8 Å². The van der Waals surface area contributed by atoms with Crippen LogP contribution in [-0.2, 0) is 15.1 Å². The molecule has 2 aromatic carbocycles. The topological polar surface area (TPSA) is 108 Å². The van der Waals surface area contributed by atoms with E-state index < -0.39 is 29.4 Å². The number of ether oxygens (including phenoxy) is 1. The summed E-state index contributed by atoms with van der Waals surface area (Å²) in [4.78, 5) is 37.2. The van der Waals surface area contributed by atoms with Crippen molar-refractivity contribution in [2.24, 2.45) is 0 Å². The van der Waals surface area contributed by atoms with E-state index in [0.717, 1.165) is 17.0 Å². The number of rotatable bonds is 7. The lowest BCUT2D eigenvalue weighted by atomic mass is 9.92. The number of nitrogens with one attached hydrogen (secondary N) is 2. The normalized spacial score (nSPS) is 19.2. The van der Waals surface area contributed by atoms with Crippen LogP contribution >= 0.6 is 11.6 Å². The lowest BCUT2D eigenvalue weighted by Gasteiger charge is -2.24. The lowest BCUT2D eigenvalue weighted by molar-refractivity contribution is -0.132. The summed E-state index contributed by atoms with van der Waals surface area (Å²) >= 11 is 6.07. The number of hydrogen-bond donors (Lipinski definition) is 3. The molecule has 2 aromatic rings. The van der Waals surface area contributed by atoms with E-state index in [0.29, 0.717) is 11.4 Å². The molecule has 10 heteroatoms. The molecule has 2 unspecified atom stereocenters. The molecule has 1 heterocycles. The highest BCUT2D eigenvalue weighted by Crippen LogP contribution is 2.34. The quantitative estimate of drug-likeness (QED) is 0.563. The molecule has 0 bridgehead atoms. The summed E-state index contributed by atoms with van der Waals surface area (Å²) in [6.07, 6.45) is -1.16. The third-order valence-corrected chi connectivity index (χ3v) is 5.07. The van der Waals surface area contributed by atoms with Crippen LogP contribution in [0.3, 0.4) is 0 Å². The first-order valence-corrected chi connectivity index (χ1v) is 9.76. The first-order valence-electron chi connectivity index (χ1n) is 9.38. The van der Waals surface area contributed by atoms with Gasteiger partial charge in [0.15, 0.2) is 0 Å². The Morgan fingerprint density at radius 1 is 1.29 bits per heavy atom. The number of urea groups is 1. The number of halogens is 2. The maximum atomic E-state index is 13.4. The van der Waals surface area contributed by atoms with Crippen molar-refractivity contribution in [2.45, 2.75) is 25.5 Å². The fraction of sp³-hybridized carbons (Fsp3) is 0.286. The molecular formula is C21H21ClFN3O5. The highest BCUT2D eigenvalue weighted by Gasteiger charge is 2.50. The number of amides is 4. The molecule has 8 nitrogen and oxygen atoms in total. The number of anilines is 1. The third-order valence-electron chi connectivity index (χ3n) is 4.76. The van der Waals surface area contributed by atoms with Gasteiger partial charge in [0, 0.05) is 23.2 Å². The van der Waals surface area contributed by atoms with Gasteiger partial charge in [-0.1, -0.05) is 17.7 Å². The van der Waals surface area contributed by atoms with E-state index in [1.54, 1.807) is 24.3 Å². The second kappa shape index (κ2) is 8.91. The minimum Gasteiger partial charge on any atom is -0.491 e. The van der Waals surface area contributed by atoms with Crippen molar-refractivity contribution in [3.05, 3.63) is 58.9 Å². The Morgan fingerprint density at radius 3 is 2.58 bits per heavy atom. The minimum absolute atomic E-state index is 0.00425. The minimum atomic E-state index is -1.48. The third kappa shape index (κ3) is 4.95. The summed E-state index contributed by atoms with van der Waals surface area (Å²) in [6.45, 7) is 2.38. The van der Waals surface area contributed by atoms with E-state index in [9.17, 15) is 23.9 Å². The second-order valence-electron chi connectivity index (χ2n) is 7.27. The summed E-state index contributed by atoms with van der Waals surface area (Å²) < 4.78 is 18.8. The molecule has 0 spiro atoms. The van der Waals surface area contributed by atoms with Gasteiger partial charge in [-0.05, 0) is 43.3 Å². The molecule has 1 saturated heterocycles. The molecule has 2 atom stereocenters. The average molecular weight is 450 g/mol. The van der Waals surface area contributed by atoms with Gasteiger partial charge in [-0.25, -0.2) is 9.18 Å². The van der Waals surface area contributed by atoms with Crippen LogP contribution in [-0.4, -0.2) is 47.1 Å². The molecule has 0 aromatic heterocycles. The zero-order chi connectivity index (χ0) is 22.8. The number of carbonyl (C=O) groups is 3. The molecule has 1 aliphatic heterocycles. The van der Waals surface area contributed by atoms with Gasteiger partial charge in [0.05, 0.1) is 6.54 Å². The number of aliphatic hydroxyl groups excluding tert-OH is 1. The molecule has 1 fully saturated rings. The van der Waals surface area contributed by atoms with Crippen molar-refractivity contribution in [3.63, 3.8) is 0 Å². The number of hydrogen-bond acceptors (Lipinski definition) is 5. The molecule has 0 radical (unpaired) electrons. The molecule has 3 rings (SSSR count). The maximum absolute atomic E-state index is 13.4. The van der Waals surface area contributed by atoms with Crippen LogP contribution in [0, 0.1) is 5.82 Å². The van der Waals surface area contributed by atoms with E-state index in [4.69, 9.17) is 16.3 Å². The van der Waals surface area contributed by atoms with Gasteiger partial charge < -0.3 is 20.5 Å². The fourth-order valence-electron chi connectivity index (χ4n) is 3.23. The molecule has 0 saturated carbocycles. The Bertz CT molecular complexity index is 1020. The molecule has 0 aliphatic carbocycles. The SMILES string of the molecule is CC(=O)Nc1ccc(OCC(O)CN2C(=O)NC(C)(c3ccc(F)cc3Cl)C2=O)cc1. The first-order chi connectivity index (χ1) is 14.6. The van der Waals surface area contributed by atoms with Crippen LogP contribution in [0.5, 0.6) is 5.75 Å². The summed E-state index contributed by atoms with van der Waals surface area (Å²) in [7, 11) is 0. The Morgan fingerprint density at radius 2 is 1.97 bits per heavy atom. The van der Waals surface area contributed by atoms with Crippen LogP contribution < -0.4 is 15.4 Å². The van der Waals surface area contributed by atoms with Gasteiger partial charge in [0.2, 0.25) is 5.91 Å². The van der Waals surface area contributed by atoms with Crippen molar-refractivity contribution < 1.29 is 28.6 Å². The molecule has 3 N–H and O–H groups in total. The number of aliphatic hydroxyl groups is 1. The van der Waals surface area contributed by atoms with Gasteiger partial charge in [-0.2, -0.15) is 0 Å². The highest BCUT2D eigenvalue weighted by molar-refractivity contribution is 6.32. The van der Waals surface area contributed by atoms with Crippen LogP contribution in [0.4, 0.5) is 14.9 Å². The smallest absolute Gasteiger partial charge is 0.325 e. The van der Waals surface area contributed by atoms with Crippen LogP contribution in [0.25, 0.3) is 0 Å². The van der Waals surface area contributed by atoms with Gasteiger partial charge in [-0.3, -0.25) is 14.5 Å². The summed E-state index contributed by atoms with van der Waals surface area (Å²) in [6, 6.07) is 9.34. The van der Waals surface area contributed by atoms with Crippen molar-refractivity contribution in [1.82, 2.24) is 10.2 Å². The van der Waals surface area contributed by atoms with Crippen LogP contribution in [0.15, 0.2) is 42.5 Å². The Hall–Kier alpha value is -3.17. The predicted octanol–water partition coefficient (Wildman–Crippen LogP) is 2.64. The van der Waals surface area contributed by atoms with E-state index in [1.807, 2.05) is 0 Å². The number of carbonyl (C=O) groups excluding carboxylic acids is 3. The maximum Gasteiger partial charge on any atom is 0.325 e. The van der Waals surface area contributed by atoms with Crippen LogP contribution in [0.1, 0.15) is 19.4 Å². The Balaban J connectivity index is 1.62. The second-order valence-corrected chi connectivity index (χ2v) is 7.67. The monoisotopic (exact) mass is 449 g/mol. The van der Waals surface area contributed by atoms with Crippen molar-refractivity contribution in [2.75, 3.05) is 18.5 Å². The van der Waals surface area contributed by atoms with Crippen LogP contribution in [0.2, 0.25) is 5.02 Å². The van der Waals surface area contributed by atoms with E-state index >= 15 is 0 Å². The standard InChI is InChI=1S/C21H21ClFN3O5/c1-12(27)24-14-4-6-16(7-5-14)31-11-15(28)10-26-19(29)21(2,25-20(26)30)17-8-3-13(23)9-18(17)22/h3-9,15,28H,10-11H2,1-2H3,(H,24,27)(H,25,30). The van der Waals surface area contributed by atoms with E-state index in [2.05, 4.69) is 10.6 Å². The lowest BCUT2D eigenvalue weighted by Crippen LogP contribution is -2.43. The number of nitrogens with zero attached hydrogens (tertiary/aromatic N) is 1. The number of benzene rings is 2. The summed E-state index contributed by atoms with van der Waals surface area (Å²) in [5, 5.41) is 15.5. The van der Waals surface area contributed by atoms with Gasteiger partial charge in [-0.15, -0.1) is 0 Å². The fourth-order valence-corrected chi connectivity index (χ4v) is 3.59. The predicted molar refractivity (Wildman–Crippen MR) is 111 cm³/mol. The Labute approximate surface area is 182 Å². The van der Waals surface area contributed by atoms with Gasteiger partial charge >= 0.3 is 6.03 Å². The largest absolute Gasteiger partial charge is 0.491 e. The van der Waals surface area contributed by atoms with Crippen molar-refractivity contribution >= 4 is 35.1 Å². The summed E-state index contributed by atoms with van der Waals surface area (Å²) in [5.41, 5.74) is -0.637. The average Bonchev–Trinajstić information content (AvgIpc) is 2.90. The molecule has 4 amide bonds. The van der Waals surface area contributed by atoms with Crippen molar-refractivity contribution in [1.29, 1.82) is 0 Å². The molecule has 164 valence electrons. The number of β-amino-alcohol motifs (C(OH)–C–C–N with tert-alkyl or cyclic N) is 1. The summed E-state index contributed by atoms with van der Waals surface area (Å²) in [5.74, 6) is -0.951. The molecular weight excluding hydrogens is 429 g/mol. The highest BCUT2D eigenvalue weighted by atomic mass is 35.5. The zero-order valence-corrected chi connectivity index (χ0v) is 17.6. The number of imide groups is 1. The first kappa shape index (κ1) is 22.5. The molecule has 1 aliphatic rings. The van der Waals surface area contributed by atoms with Crippen molar-refractivity contribution in [3.8, 4) is 5.75 Å². The molecule has 31 heavy (non-hydrogen) atoms.